The third-order valence-corrected chi connectivity index (χ3v) is 0.331. The van der Waals surface area contributed by atoms with Crippen LogP contribution < -0.4 is 0 Å². The molecule has 0 atom stereocenters. The van der Waals surface area contributed by atoms with E-state index in [0.717, 1.165) is 6.08 Å². The largest absolute Gasteiger partial charge is 0.392 e. The van der Waals surface area contributed by atoms with Gasteiger partial charge in [-0.15, -0.1) is 0 Å². The first-order chi connectivity index (χ1) is 3.31. The van der Waals surface area contributed by atoms with E-state index in [2.05, 4.69) is 11.3 Å². The van der Waals surface area contributed by atoms with Crippen molar-refractivity contribution in [3.63, 3.8) is 0 Å². The fourth-order valence-corrected chi connectivity index (χ4v) is 0.0955. The molecule has 0 heterocycles. The van der Waals surface area contributed by atoms with Crippen LogP contribution in [-0.2, 0) is 40.5 Å². The molecular weight excluding hydrogens is 187 g/mol. The second kappa shape index (κ2) is 6.76. The van der Waals surface area contributed by atoms with Crippen molar-refractivity contribution in [2.45, 2.75) is 0 Å². The van der Waals surface area contributed by atoms with Gasteiger partial charge in [0.15, 0.2) is 0 Å². The fraction of sp³-hybridized carbons (Fsp3) is 0. The molecule has 0 bridgehead atoms. The zero-order valence-electron chi connectivity index (χ0n) is 4.09. The van der Waals surface area contributed by atoms with Crippen LogP contribution in [-0.4, -0.2) is 12.4 Å². The maximum atomic E-state index is 9.84. The van der Waals surface area contributed by atoms with Gasteiger partial charge in [0.25, 0.3) is 0 Å². The molecule has 0 aromatic carbocycles. The van der Waals surface area contributed by atoms with Gasteiger partial charge < -0.3 is 4.74 Å². The summed E-state index contributed by atoms with van der Waals surface area (Å²) >= 11 is 0. The molecule has 0 saturated carbocycles. The minimum Gasteiger partial charge on any atom is -0.392 e. The number of carbonyl (C=O) groups is 2. The zero-order chi connectivity index (χ0) is 5.70. The van der Waals surface area contributed by atoms with Gasteiger partial charge in [0.2, 0.25) is 0 Å². The molecule has 3 nitrogen and oxygen atoms in total. The Hall–Kier alpha value is -0.237. The molecule has 0 N–H and O–H groups in total. The molecule has 0 spiro atoms. The summed E-state index contributed by atoms with van der Waals surface area (Å²) in [5.74, 6) is -0.727. The second-order valence-corrected chi connectivity index (χ2v) is 0.737. The number of carbonyl (C=O) groups excluding carboxylic acids is 2. The van der Waals surface area contributed by atoms with E-state index in [1.165, 1.54) is 0 Å². The number of hydrogen-bond donors (Lipinski definition) is 0. The Morgan fingerprint density at radius 3 is 2.25 bits per heavy atom. The Morgan fingerprint density at radius 2 is 2.12 bits per heavy atom. The van der Waals surface area contributed by atoms with Crippen molar-refractivity contribution in [1.29, 1.82) is 0 Å². The molecular formula is C4H4O3Zr. The third-order valence-electron chi connectivity index (χ3n) is 0.331. The van der Waals surface area contributed by atoms with Crippen molar-refractivity contribution in [1.82, 2.24) is 0 Å². The Kier molecular flexibility index (Phi) is 9.04. The summed E-state index contributed by atoms with van der Waals surface area (Å²) in [5, 5.41) is 0. The van der Waals surface area contributed by atoms with Gasteiger partial charge in [-0.25, -0.2) is 4.79 Å². The summed E-state index contributed by atoms with van der Waals surface area (Å²) < 4.78 is 3.75. The number of hydrogen-bond acceptors (Lipinski definition) is 3. The first-order valence-corrected chi connectivity index (χ1v) is 1.58. The quantitative estimate of drug-likeness (QED) is 0.264. The summed E-state index contributed by atoms with van der Waals surface area (Å²) in [7, 11) is 0. The molecule has 42 valence electrons. The van der Waals surface area contributed by atoms with Gasteiger partial charge in [0.05, 0.1) is 0 Å². The summed E-state index contributed by atoms with van der Waals surface area (Å²) in [6.45, 7) is 3.11. The molecule has 0 aliphatic heterocycles. The van der Waals surface area contributed by atoms with E-state index in [4.69, 9.17) is 0 Å². The van der Waals surface area contributed by atoms with E-state index < -0.39 is 5.97 Å². The Bertz CT molecular complexity index is 99.5. The predicted molar refractivity (Wildman–Crippen MR) is 22.4 cm³/mol. The first-order valence-electron chi connectivity index (χ1n) is 1.58. The Labute approximate surface area is 65.8 Å². The SMILES string of the molecule is C=CC(=O)OC=O.[Zr]. The molecule has 4 heteroatoms. The third kappa shape index (κ3) is 5.76. The standard InChI is InChI=1S/C4H4O3.Zr/c1-2-4(6)7-3-5;/h2-3H,1H2;. The second-order valence-electron chi connectivity index (χ2n) is 0.737. The van der Waals surface area contributed by atoms with Gasteiger partial charge >= 0.3 is 12.4 Å². The molecule has 0 aromatic rings. The van der Waals surface area contributed by atoms with Crippen LogP contribution >= 0.6 is 0 Å². The molecule has 0 aliphatic rings. The molecule has 0 aliphatic carbocycles. The fourth-order valence-electron chi connectivity index (χ4n) is 0.0955. The van der Waals surface area contributed by atoms with Gasteiger partial charge in [-0.3, -0.25) is 4.79 Å². The normalized spacial score (nSPS) is 6.00. The number of ether oxygens (including phenoxy) is 1. The summed E-state index contributed by atoms with van der Waals surface area (Å²) in [6, 6.07) is 0. The van der Waals surface area contributed by atoms with Crippen LogP contribution in [0.3, 0.4) is 0 Å². The van der Waals surface area contributed by atoms with Crippen LogP contribution in [0.5, 0.6) is 0 Å². The zero-order valence-corrected chi connectivity index (χ0v) is 6.54. The monoisotopic (exact) mass is 190 g/mol. The van der Waals surface area contributed by atoms with E-state index in [1.54, 1.807) is 0 Å². The van der Waals surface area contributed by atoms with E-state index >= 15 is 0 Å². The minimum atomic E-state index is -0.727. The molecule has 8 heavy (non-hydrogen) atoms. The van der Waals surface area contributed by atoms with Crippen LogP contribution in [0, 0.1) is 0 Å². The van der Waals surface area contributed by atoms with E-state index in [9.17, 15) is 9.59 Å². The molecule has 0 saturated heterocycles. The van der Waals surface area contributed by atoms with Crippen molar-refractivity contribution in [2.24, 2.45) is 0 Å². The number of rotatable bonds is 2. The van der Waals surface area contributed by atoms with Crippen LogP contribution in [0.15, 0.2) is 12.7 Å². The van der Waals surface area contributed by atoms with Crippen LogP contribution in [0.25, 0.3) is 0 Å². The van der Waals surface area contributed by atoms with Crippen molar-refractivity contribution in [3.8, 4) is 0 Å². The van der Waals surface area contributed by atoms with Gasteiger partial charge in [-0.1, -0.05) is 6.58 Å². The topological polar surface area (TPSA) is 43.4 Å². The smallest absolute Gasteiger partial charge is 0.337 e. The Balaban J connectivity index is 0. The molecule has 0 radical (unpaired) electrons. The maximum absolute atomic E-state index is 9.84. The summed E-state index contributed by atoms with van der Waals surface area (Å²) in [5.41, 5.74) is 0. The molecule has 0 fully saturated rings. The average molecular weight is 191 g/mol. The Morgan fingerprint density at radius 1 is 1.62 bits per heavy atom. The van der Waals surface area contributed by atoms with E-state index in [0.29, 0.717) is 0 Å². The summed E-state index contributed by atoms with van der Waals surface area (Å²) in [6.07, 6.45) is 0.911. The van der Waals surface area contributed by atoms with Crippen LogP contribution in [0.2, 0.25) is 0 Å². The van der Waals surface area contributed by atoms with Gasteiger partial charge in [-0.2, -0.15) is 0 Å². The van der Waals surface area contributed by atoms with Crippen molar-refractivity contribution < 1.29 is 40.5 Å². The summed E-state index contributed by atoms with van der Waals surface area (Å²) in [4.78, 5) is 19.1. The molecule has 0 rings (SSSR count). The molecule has 0 aromatic heterocycles. The van der Waals surface area contributed by atoms with Crippen molar-refractivity contribution in [3.05, 3.63) is 12.7 Å². The number of esters is 1. The van der Waals surface area contributed by atoms with Crippen LogP contribution in [0.4, 0.5) is 0 Å². The van der Waals surface area contributed by atoms with Gasteiger partial charge in [0, 0.05) is 32.3 Å². The van der Waals surface area contributed by atoms with Crippen LogP contribution in [0.1, 0.15) is 0 Å². The van der Waals surface area contributed by atoms with E-state index in [1.807, 2.05) is 0 Å². The van der Waals surface area contributed by atoms with Crippen molar-refractivity contribution in [2.75, 3.05) is 0 Å². The first kappa shape index (κ1) is 10.7. The minimum absolute atomic E-state index is 0. The average Bonchev–Trinajstić information content (AvgIpc) is 1.68. The molecule has 0 unspecified atom stereocenters. The van der Waals surface area contributed by atoms with E-state index in [-0.39, 0.29) is 32.7 Å². The van der Waals surface area contributed by atoms with Crippen molar-refractivity contribution >= 4 is 12.4 Å². The van der Waals surface area contributed by atoms with Gasteiger partial charge in [0.1, 0.15) is 0 Å². The predicted octanol–water partition coefficient (Wildman–Crippen LogP) is -0.131. The van der Waals surface area contributed by atoms with Gasteiger partial charge in [-0.05, 0) is 0 Å². The maximum Gasteiger partial charge on any atom is 0.337 e. The molecule has 0 amide bonds.